The monoisotopic (exact) mass is 274 g/mol. The zero-order valence-electron chi connectivity index (χ0n) is 9.97. The zero-order chi connectivity index (χ0) is 13.2. The second-order valence-corrected chi connectivity index (χ2v) is 4.71. The van der Waals surface area contributed by atoms with Gasteiger partial charge >= 0.3 is 0 Å². The molecule has 1 aromatic carbocycles. The molecule has 2 heterocycles. The average molecular weight is 275 g/mol. The van der Waals surface area contributed by atoms with E-state index in [9.17, 15) is 4.79 Å². The molecule has 1 aliphatic rings. The molecule has 0 aliphatic carbocycles. The van der Waals surface area contributed by atoms with Crippen LogP contribution in [-0.4, -0.2) is 17.0 Å². The first-order valence-corrected chi connectivity index (χ1v) is 6.27. The van der Waals surface area contributed by atoms with E-state index in [-0.39, 0.29) is 5.91 Å². The Morgan fingerprint density at radius 2 is 2.16 bits per heavy atom. The Hall–Kier alpha value is -2.07. The molecule has 0 bridgehead atoms. The number of pyridine rings is 1. The van der Waals surface area contributed by atoms with Gasteiger partial charge in [-0.3, -0.25) is 4.79 Å². The standard InChI is InChI=1S/C14H11ClN2O2/c15-10-5-6-13(16-8-10)17-14(18)12-7-9-3-1-2-4-11(9)19-12/h1-6,8,12H,7H2,(H,16,17,18). The number of nitrogens with one attached hydrogen (secondary N) is 1. The number of fused-ring (bicyclic) bond motifs is 1. The normalized spacial score (nSPS) is 16.6. The molecule has 0 saturated heterocycles. The molecule has 3 rings (SSSR count). The SMILES string of the molecule is O=C(Nc1ccc(Cl)cn1)C1Cc2ccccc2O1. The van der Waals surface area contributed by atoms with Crippen molar-refractivity contribution < 1.29 is 9.53 Å². The summed E-state index contributed by atoms with van der Waals surface area (Å²) in [7, 11) is 0. The van der Waals surface area contributed by atoms with Crippen molar-refractivity contribution in [2.45, 2.75) is 12.5 Å². The van der Waals surface area contributed by atoms with Gasteiger partial charge in [-0.05, 0) is 23.8 Å². The highest BCUT2D eigenvalue weighted by Crippen LogP contribution is 2.28. The summed E-state index contributed by atoms with van der Waals surface area (Å²) >= 11 is 5.74. The molecule has 1 N–H and O–H groups in total. The Labute approximate surface area is 115 Å². The van der Waals surface area contributed by atoms with Gasteiger partial charge in [-0.1, -0.05) is 29.8 Å². The molecule has 1 amide bonds. The summed E-state index contributed by atoms with van der Waals surface area (Å²) in [4.78, 5) is 16.1. The largest absolute Gasteiger partial charge is 0.480 e. The maximum Gasteiger partial charge on any atom is 0.266 e. The van der Waals surface area contributed by atoms with E-state index >= 15 is 0 Å². The van der Waals surface area contributed by atoms with Crippen molar-refractivity contribution in [3.8, 4) is 5.75 Å². The number of nitrogens with zero attached hydrogens (tertiary/aromatic N) is 1. The van der Waals surface area contributed by atoms with Gasteiger partial charge in [0.2, 0.25) is 0 Å². The maximum absolute atomic E-state index is 12.1. The third-order valence-corrected chi connectivity index (χ3v) is 3.14. The van der Waals surface area contributed by atoms with Crippen molar-refractivity contribution in [3.05, 3.63) is 53.2 Å². The Bertz CT molecular complexity index is 588. The summed E-state index contributed by atoms with van der Waals surface area (Å²) in [6.45, 7) is 0. The zero-order valence-corrected chi connectivity index (χ0v) is 10.7. The predicted octanol–water partition coefficient (Wildman–Crippen LogP) is 2.68. The molecule has 1 unspecified atom stereocenters. The number of ether oxygens (including phenoxy) is 1. The quantitative estimate of drug-likeness (QED) is 0.916. The minimum atomic E-state index is -0.505. The molecule has 0 saturated carbocycles. The van der Waals surface area contributed by atoms with E-state index in [1.54, 1.807) is 12.1 Å². The molecule has 19 heavy (non-hydrogen) atoms. The molecule has 0 spiro atoms. The highest BCUT2D eigenvalue weighted by atomic mass is 35.5. The van der Waals surface area contributed by atoms with Gasteiger partial charge in [0, 0.05) is 12.6 Å². The molecular weight excluding hydrogens is 264 g/mol. The van der Waals surface area contributed by atoms with Crippen LogP contribution in [0.25, 0.3) is 0 Å². The number of anilines is 1. The number of carbonyl (C=O) groups excluding carboxylic acids is 1. The third kappa shape index (κ3) is 2.53. The summed E-state index contributed by atoms with van der Waals surface area (Å²) in [6, 6.07) is 11.0. The van der Waals surface area contributed by atoms with E-state index in [2.05, 4.69) is 10.3 Å². The van der Waals surface area contributed by atoms with Crippen molar-refractivity contribution in [1.82, 2.24) is 4.98 Å². The van der Waals surface area contributed by atoms with Gasteiger partial charge in [0.15, 0.2) is 6.10 Å². The van der Waals surface area contributed by atoms with Crippen LogP contribution < -0.4 is 10.1 Å². The van der Waals surface area contributed by atoms with Crippen LogP contribution in [0.1, 0.15) is 5.56 Å². The lowest BCUT2D eigenvalue weighted by atomic mass is 10.1. The first-order chi connectivity index (χ1) is 9.22. The summed E-state index contributed by atoms with van der Waals surface area (Å²) in [5, 5.41) is 3.24. The number of aromatic nitrogens is 1. The number of hydrogen-bond acceptors (Lipinski definition) is 3. The molecule has 0 radical (unpaired) electrons. The van der Waals surface area contributed by atoms with Gasteiger partial charge in [0.25, 0.3) is 5.91 Å². The molecule has 1 aromatic heterocycles. The fraction of sp³-hybridized carbons (Fsp3) is 0.143. The van der Waals surface area contributed by atoms with Gasteiger partial charge < -0.3 is 10.1 Å². The van der Waals surface area contributed by atoms with Crippen LogP contribution in [0, 0.1) is 0 Å². The average Bonchev–Trinajstić information content (AvgIpc) is 2.85. The predicted molar refractivity (Wildman–Crippen MR) is 72.4 cm³/mol. The van der Waals surface area contributed by atoms with E-state index in [4.69, 9.17) is 16.3 Å². The van der Waals surface area contributed by atoms with Crippen LogP contribution in [0.2, 0.25) is 5.02 Å². The van der Waals surface area contributed by atoms with Crippen molar-refractivity contribution in [1.29, 1.82) is 0 Å². The number of rotatable bonds is 2. The van der Waals surface area contributed by atoms with E-state index in [0.717, 1.165) is 11.3 Å². The van der Waals surface area contributed by atoms with Crippen LogP contribution in [0.3, 0.4) is 0 Å². The molecule has 1 aliphatic heterocycles. The van der Waals surface area contributed by atoms with E-state index in [0.29, 0.717) is 17.3 Å². The van der Waals surface area contributed by atoms with Crippen LogP contribution in [-0.2, 0) is 11.2 Å². The molecule has 5 heteroatoms. The Kier molecular flexibility index (Phi) is 3.09. The van der Waals surface area contributed by atoms with Crippen molar-refractivity contribution in [3.63, 3.8) is 0 Å². The summed E-state index contributed by atoms with van der Waals surface area (Å²) in [6.07, 6.45) is 1.56. The molecule has 4 nitrogen and oxygen atoms in total. The summed E-state index contributed by atoms with van der Waals surface area (Å²) in [5.74, 6) is 1.03. The molecule has 1 atom stereocenters. The third-order valence-electron chi connectivity index (χ3n) is 2.92. The second-order valence-electron chi connectivity index (χ2n) is 4.27. The number of carbonyl (C=O) groups is 1. The Balaban J connectivity index is 1.68. The number of amides is 1. The molecule has 0 fully saturated rings. The highest BCUT2D eigenvalue weighted by Gasteiger charge is 2.28. The van der Waals surface area contributed by atoms with Gasteiger partial charge in [0.1, 0.15) is 11.6 Å². The minimum absolute atomic E-state index is 0.203. The summed E-state index contributed by atoms with van der Waals surface area (Å²) in [5.41, 5.74) is 1.05. The smallest absolute Gasteiger partial charge is 0.266 e. The van der Waals surface area contributed by atoms with E-state index < -0.39 is 6.10 Å². The fourth-order valence-electron chi connectivity index (χ4n) is 1.98. The van der Waals surface area contributed by atoms with Crippen molar-refractivity contribution >= 4 is 23.3 Å². The summed E-state index contributed by atoms with van der Waals surface area (Å²) < 4.78 is 5.60. The van der Waals surface area contributed by atoms with Crippen LogP contribution >= 0.6 is 11.6 Å². The molecule has 2 aromatic rings. The van der Waals surface area contributed by atoms with Crippen LogP contribution in [0.15, 0.2) is 42.6 Å². The van der Waals surface area contributed by atoms with E-state index in [1.165, 1.54) is 6.20 Å². The lowest BCUT2D eigenvalue weighted by Crippen LogP contribution is -2.31. The van der Waals surface area contributed by atoms with Crippen molar-refractivity contribution in [2.75, 3.05) is 5.32 Å². The van der Waals surface area contributed by atoms with Crippen LogP contribution in [0.5, 0.6) is 5.75 Å². The van der Waals surface area contributed by atoms with E-state index in [1.807, 2.05) is 24.3 Å². The van der Waals surface area contributed by atoms with Gasteiger partial charge in [0.05, 0.1) is 5.02 Å². The Morgan fingerprint density at radius 3 is 2.89 bits per heavy atom. The molecular formula is C14H11ClN2O2. The van der Waals surface area contributed by atoms with Crippen LogP contribution in [0.4, 0.5) is 5.82 Å². The topological polar surface area (TPSA) is 51.2 Å². The Morgan fingerprint density at radius 1 is 1.32 bits per heavy atom. The van der Waals surface area contributed by atoms with Gasteiger partial charge in [-0.2, -0.15) is 0 Å². The molecule has 96 valence electrons. The number of hydrogen-bond donors (Lipinski definition) is 1. The lowest BCUT2D eigenvalue weighted by molar-refractivity contribution is -0.122. The highest BCUT2D eigenvalue weighted by molar-refractivity contribution is 6.30. The minimum Gasteiger partial charge on any atom is -0.480 e. The first kappa shape index (κ1) is 12.0. The first-order valence-electron chi connectivity index (χ1n) is 5.89. The fourth-order valence-corrected chi connectivity index (χ4v) is 2.10. The van der Waals surface area contributed by atoms with Gasteiger partial charge in [-0.25, -0.2) is 4.98 Å². The van der Waals surface area contributed by atoms with Gasteiger partial charge in [-0.15, -0.1) is 0 Å². The maximum atomic E-state index is 12.1. The lowest BCUT2D eigenvalue weighted by Gasteiger charge is -2.10. The van der Waals surface area contributed by atoms with Crippen molar-refractivity contribution in [2.24, 2.45) is 0 Å². The number of para-hydroxylation sites is 1. The number of benzene rings is 1. The second kappa shape index (κ2) is 4.90. The number of halogens is 1.